The molecule has 0 aromatic heterocycles. The molecule has 1 atom stereocenters. The summed E-state index contributed by atoms with van der Waals surface area (Å²) in [6.45, 7) is 2.18. The van der Waals surface area contributed by atoms with E-state index in [0.717, 1.165) is 0 Å². The summed E-state index contributed by atoms with van der Waals surface area (Å²) in [5, 5.41) is 3.06. The summed E-state index contributed by atoms with van der Waals surface area (Å²) >= 11 is 5.98. The molecule has 1 N–H and O–H groups in total. The number of methoxy groups -OCH3 is 1. The van der Waals surface area contributed by atoms with Gasteiger partial charge in [0.15, 0.2) is 0 Å². The van der Waals surface area contributed by atoms with Crippen LogP contribution in [0.3, 0.4) is 0 Å². The Morgan fingerprint density at radius 3 is 2.50 bits per heavy atom. The van der Waals surface area contributed by atoms with Gasteiger partial charge in [-0.1, -0.05) is 24.6 Å². The third kappa shape index (κ3) is 4.38. The zero-order valence-electron chi connectivity index (χ0n) is 10.1. The second kappa shape index (κ2) is 6.29. The van der Waals surface area contributed by atoms with Gasteiger partial charge in [0.2, 0.25) is 0 Å². The van der Waals surface area contributed by atoms with Gasteiger partial charge in [0.05, 0.1) is 13.5 Å². The lowest BCUT2D eigenvalue weighted by Crippen LogP contribution is -2.26. The normalized spacial score (nSPS) is 13.4. The van der Waals surface area contributed by atoms with Crippen molar-refractivity contribution >= 4 is 11.6 Å². The molecule has 1 aromatic carbocycles. The molecule has 6 heteroatoms. The van der Waals surface area contributed by atoms with Gasteiger partial charge in [-0.3, -0.25) is 0 Å². The van der Waals surface area contributed by atoms with Crippen LogP contribution < -0.4 is 10.1 Å². The molecule has 0 aliphatic heterocycles. The van der Waals surface area contributed by atoms with Crippen molar-refractivity contribution < 1.29 is 17.9 Å². The van der Waals surface area contributed by atoms with E-state index < -0.39 is 18.6 Å². The Bertz CT molecular complexity index is 395. The number of ether oxygens (including phenoxy) is 1. The third-order valence-electron chi connectivity index (χ3n) is 2.47. The van der Waals surface area contributed by atoms with E-state index in [0.29, 0.717) is 17.9 Å². The Balaban J connectivity index is 2.98. The van der Waals surface area contributed by atoms with E-state index >= 15 is 0 Å². The molecule has 1 unspecified atom stereocenters. The van der Waals surface area contributed by atoms with Crippen molar-refractivity contribution in [2.75, 3.05) is 13.7 Å². The molecule has 0 aliphatic carbocycles. The van der Waals surface area contributed by atoms with Crippen LogP contribution in [0.5, 0.6) is 5.75 Å². The van der Waals surface area contributed by atoms with Crippen molar-refractivity contribution in [3.8, 4) is 5.75 Å². The van der Waals surface area contributed by atoms with E-state index in [9.17, 15) is 13.2 Å². The Hall–Kier alpha value is -0.940. The molecular formula is C12H15ClF3NO. The maximum absolute atomic E-state index is 12.5. The van der Waals surface area contributed by atoms with Gasteiger partial charge in [0.1, 0.15) is 5.75 Å². The van der Waals surface area contributed by atoms with Crippen LogP contribution in [0.25, 0.3) is 0 Å². The number of rotatable bonds is 5. The minimum absolute atomic E-state index is 0.268. The van der Waals surface area contributed by atoms with Crippen LogP contribution in [-0.2, 0) is 0 Å². The molecule has 1 rings (SSSR count). The third-order valence-corrected chi connectivity index (χ3v) is 2.80. The molecule has 0 spiro atoms. The van der Waals surface area contributed by atoms with Gasteiger partial charge < -0.3 is 10.1 Å². The van der Waals surface area contributed by atoms with Crippen molar-refractivity contribution in [3.05, 3.63) is 28.8 Å². The van der Waals surface area contributed by atoms with Crippen LogP contribution in [0.2, 0.25) is 5.02 Å². The van der Waals surface area contributed by atoms with Crippen molar-refractivity contribution in [1.29, 1.82) is 0 Å². The molecule has 0 heterocycles. The summed E-state index contributed by atoms with van der Waals surface area (Å²) < 4.78 is 42.4. The van der Waals surface area contributed by atoms with Crippen LogP contribution in [0.1, 0.15) is 24.9 Å². The van der Waals surface area contributed by atoms with Crippen LogP contribution >= 0.6 is 11.6 Å². The molecule has 1 aromatic rings. The monoisotopic (exact) mass is 281 g/mol. The highest BCUT2D eigenvalue weighted by Gasteiger charge is 2.33. The summed E-state index contributed by atoms with van der Waals surface area (Å²) in [6.07, 6.45) is -5.19. The van der Waals surface area contributed by atoms with E-state index in [1.165, 1.54) is 13.2 Å². The number of nitrogens with one attached hydrogen (secondary N) is 1. The Kier molecular flexibility index (Phi) is 5.28. The predicted molar refractivity (Wildman–Crippen MR) is 65.1 cm³/mol. The van der Waals surface area contributed by atoms with Crippen molar-refractivity contribution in [2.45, 2.75) is 25.6 Å². The zero-order valence-corrected chi connectivity index (χ0v) is 10.9. The quantitative estimate of drug-likeness (QED) is 0.882. The molecule has 102 valence electrons. The van der Waals surface area contributed by atoms with Crippen LogP contribution in [0.15, 0.2) is 18.2 Å². The summed E-state index contributed by atoms with van der Waals surface area (Å²) in [7, 11) is 1.48. The molecule has 0 saturated carbocycles. The average Bonchev–Trinajstić information content (AvgIpc) is 2.26. The fraction of sp³-hybridized carbons (Fsp3) is 0.500. The predicted octanol–water partition coefficient (Wildman–Crippen LogP) is 3.95. The summed E-state index contributed by atoms with van der Waals surface area (Å²) in [4.78, 5) is 0. The second-order valence-corrected chi connectivity index (χ2v) is 4.22. The Morgan fingerprint density at radius 1 is 1.39 bits per heavy atom. The number of hydrogen-bond donors (Lipinski definition) is 1. The minimum Gasteiger partial charge on any atom is -0.497 e. The summed E-state index contributed by atoms with van der Waals surface area (Å²) in [5.74, 6) is 0.519. The van der Waals surface area contributed by atoms with E-state index in [1.807, 2.05) is 0 Å². The largest absolute Gasteiger partial charge is 0.497 e. The first-order valence-electron chi connectivity index (χ1n) is 5.51. The maximum atomic E-state index is 12.5. The Labute approximate surface area is 109 Å². The highest BCUT2D eigenvalue weighted by atomic mass is 35.5. The van der Waals surface area contributed by atoms with E-state index in [2.05, 4.69) is 5.32 Å². The standard InChI is InChI=1S/C12H15ClF3NO/c1-3-17-11(7-12(14,15)16)9-5-4-8(18-2)6-10(9)13/h4-6,11,17H,3,7H2,1-2H3. The van der Waals surface area contributed by atoms with Crippen LogP contribution in [-0.4, -0.2) is 19.8 Å². The van der Waals surface area contributed by atoms with E-state index in [4.69, 9.17) is 16.3 Å². The highest BCUT2D eigenvalue weighted by Crippen LogP contribution is 2.34. The van der Waals surface area contributed by atoms with E-state index in [1.54, 1.807) is 19.1 Å². The molecule has 0 amide bonds. The lowest BCUT2D eigenvalue weighted by molar-refractivity contribution is -0.140. The molecule has 18 heavy (non-hydrogen) atoms. The van der Waals surface area contributed by atoms with Crippen molar-refractivity contribution in [3.63, 3.8) is 0 Å². The van der Waals surface area contributed by atoms with Gasteiger partial charge in [-0.05, 0) is 24.2 Å². The maximum Gasteiger partial charge on any atom is 0.390 e. The van der Waals surface area contributed by atoms with Crippen LogP contribution in [0.4, 0.5) is 13.2 Å². The summed E-state index contributed by atoms with van der Waals surface area (Å²) in [6, 6.07) is 3.83. The smallest absolute Gasteiger partial charge is 0.390 e. The number of benzene rings is 1. The SMILES string of the molecule is CCNC(CC(F)(F)F)c1ccc(OC)cc1Cl. The fourth-order valence-corrected chi connectivity index (χ4v) is 1.99. The summed E-state index contributed by atoms with van der Waals surface area (Å²) in [5.41, 5.74) is 0.427. The van der Waals surface area contributed by atoms with Gasteiger partial charge in [0, 0.05) is 11.1 Å². The second-order valence-electron chi connectivity index (χ2n) is 3.82. The highest BCUT2D eigenvalue weighted by molar-refractivity contribution is 6.31. The van der Waals surface area contributed by atoms with Gasteiger partial charge >= 0.3 is 6.18 Å². The van der Waals surface area contributed by atoms with E-state index in [-0.39, 0.29) is 5.02 Å². The van der Waals surface area contributed by atoms with Gasteiger partial charge in [0.25, 0.3) is 0 Å². The molecule has 2 nitrogen and oxygen atoms in total. The molecule has 0 saturated heterocycles. The van der Waals surface area contributed by atoms with Crippen LogP contribution in [0, 0.1) is 0 Å². The van der Waals surface area contributed by atoms with Gasteiger partial charge in [-0.25, -0.2) is 0 Å². The molecular weight excluding hydrogens is 267 g/mol. The van der Waals surface area contributed by atoms with Crippen molar-refractivity contribution in [2.24, 2.45) is 0 Å². The fourth-order valence-electron chi connectivity index (χ4n) is 1.69. The zero-order chi connectivity index (χ0) is 13.8. The molecule has 0 aliphatic rings. The number of halogens is 4. The minimum atomic E-state index is -4.24. The molecule has 0 radical (unpaired) electrons. The first-order valence-corrected chi connectivity index (χ1v) is 5.88. The first-order chi connectivity index (χ1) is 8.37. The number of hydrogen-bond acceptors (Lipinski definition) is 2. The van der Waals surface area contributed by atoms with Gasteiger partial charge in [-0.2, -0.15) is 13.2 Å². The Morgan fingerprint density at radius 2 is 2.06 bits per heavy atom. The topological polar surface area (TPSA) is 21.3 Å². The molecule has 0 fully saturated rings. The van der Waals surface area contributed by atoms with Gasteiger partial charge in [-0.15, -0.1) is 0 Å². The average molecular weight is 282 g/mol. The van der Waals surface area contributed by atoms with Crippen molar-refractivity contribution in [1.82, 2.24) is 5.32 Å². The lowest BCUT2D eigenvalue weighted by atomic mass is 10.0. The number of alkyl halides is 3. The molecule has 0 bridgehead atoms. The first kappa shape index (κ1) is 15.1. The lowest BCUT2D eigenvalue weighted by Gasteiger charge is -2.21.